The zero-order valence-electron chi connectivity index (χ0n) is 14.6. The number of anilines is 1. The Morgan fingerprint density at radius 1 is 1.33 bits per heavy atom. The minimum Gasteiger partial charge on any atom is -0.307 e. The van der Waals surface area contributed by atoms with Crippen LogP contribution in [-0.2, 0) is 18.4 Å². The largest absolute Gasteiger partial charge is 0.307 e. The molecule has 0 unspecified atom stereocenters. The monoisotopic (exact) mass is 407 g/mol. The molecule has 0 saturated heterocycles. The van der Waals surface area contributed by atoms with E-state index in [1.165, 1.54) is 22.9 Å². The van der Waals surface area contributed by atoms with Crippen molar-refractivity contribution in [2.45, 2.75) is 13.5 Å². The zero-order valence-corrected chi connectivity index (χ0v) is 16.1. The molecule has 2 heterocycles. The average molecular weight is 408 g/mol. The highest BCUT2D eigenvalue weighted by atomic mass is 35.5. The molecular weight excluding hydrogens is 392 g/mol. The molecule has 0 atom stereocenters. The summed E-state index contributed by atoms with van der Waals surface area (Å²) in [6.45, 7) is 2.09. The molecular formula is C18H16Cl2FN5O. The SMILES string of the molecule is Cc1nn(C)c(Cl)c1/C=C/C(=O)Nc1ccnn1Cc1ccc(Cl)c(F)c1. The highest BCUT2D eigenvalue weighted by molar-refractivity contribution is 6.31. The van der Waals surface area contributed by atoms with E-state index in [4.69, 9.17) is 23.2 Å². The number of aryl methyl sites for hydroxylation is 2. The predicted octanol–water partition coefficient (Wildman–Crippen LogP) is 4.07. The fraction of sp³-hybridized carbons (Fsp3) is 0.167. The predicted molar refractivity (Wildman–Crippen MR) is 103 cm³/mol. The summed E-state index contributed by atoms with van der Waals surface area (Å²) in [5, 5.41) is 11.6. The number of nitrogens with one attached hydrogen (secondary N) is 1. The molecule has 0 saturated carbocycles. The summed E-state index contributed by atoms with van der Waals surface area (Å²) in [7, 11) is 1.73. The van der Waals surface area contributed by atoms with Gasteiger partial charge in [0.05, 0.1) is 23.5 Å². The molecule has 6 nitrogen and oxygen atoms in total. The van der Waals surface area contributed by atoms with Gasteiger partial charge in [-0.2, -0.15) is 10.2 Å². The maximum atomic E-state index is 13.6. The Hall–Kier alpha value is -2.64. The van der Waals surface area contributed by atoms with Gasteiger partial charge < -0.3 is 5.32 Å². The summed E-state index contributed by atoms with van der Waals surface area (Å²) in [6, 6.07) is 6.17. The van der Waals surface area contributed by atoms with Gasteiger partial charge in [-0.25, -0.2) is 9.07 Å². The molecule has 0 spiro atoms. The Kier molecular flexibility index (Phi) is 5.62. The first-order chi connectivity index (χ1) is 12.8. The summed E-state index contributed by atoms with van der Waals surface area (Å²) in [5.41, 5.74) is 2.07. The second kappa shape index (κ2) is 7.94. The van der Waals surface area contributed by atoms with Crippen molar-refractivity contribution in [1.82, 2.24) is 19.6 Å². The number of rotatable bonds is 5. The fourth-order valence-corrected chi connectivity index (χ4v) is 2.89. The normalized spacial score (nSPS) is 11.3. The molecule has 3 aromatic rings. The molecule has 1 aromatic carbocycles. The minimum absolute atomic E-state index is 0.0576. The van der Waals surface area contributed by atoms with Gasteiger partial charge in [-0.3, -0.25) is 9.48 Å². The van der Waals surface area contributed by atoms with Crippen LogP contribution in [0.3, 0.4) is 0 Å². The third kappa shape index (κ3) is 4.37. The third-order valence-corrected chi connectivity index (χ3v) is 4.64. The molecule has 0 bridgehead atoms. The number of carbonyl (C=O) groups excluding carboxylic acids is 1. The first kappa shape index (κ1) is 19.1. The maximum absolute atomic E-state index is 13.6. The molecule has 1 N–H and O–H groups in total. The second-order valence-corrected chi connectivity index (χ2v) is 6.62. The molecule has 9 heteroatoms. The number of nitrogens with zero attached hydrogens (tertiary/aromatic N) is 4. The van der Waals surface area contributed by atoms with Crippen LogP contribution in [0.25, 0.3) is 6.08 Å². The third-order valence-electron chi connectivity index (χ3n) is 3.88. The van der Waals surface area contributed by atoms with Crippen molar-refractivity contribution in [2.75, 3.05) is 5.32 Å². The summed E-state index contributed by atoms with van der Waals surface area (Å²) < 4.78 is 16.7. The van der Waals surface area contributed by atoms with Gasteiger partial charge in [0.2, 0.25) is 5.91 Å². The van der Waals surface area contributed by atoms with E-state index >= 15 is 0 Å². The minimum atomic E-state index is -0.501. The summed E-state index contributed by atoms with van der Waals surface area (Å²) in [5.74, 6) is -0.370. The van der Waals surface area contributed by atoms with Crippen molar-refractivity contribution in [3.05, 3.63) is 69.4 Å². The van der Waals surface area contributed by atoms with Crippen LogP contribution in [0.15, 0.2) is 36.5 Å². The lowest BCUT2D eigenvalue weighted by molar-refractivity contribution is -0.111. The molecule has 0 fully saturated rings. The molecule has 3 rings (SSSR count). The number of halogens is 3. The Morgan fingerprint density at radius 3 is 2.78 bits per heavy atom. The molecule has 2 aromatic heterocycles. The van der Waals surface area contributed by atoms with Gasteiger partial charge in [0, 0.05) is 24.8 Å². The van der Waals surface area contributed by atoms with Crippen molar-refractivity contribution in [3.63, 3.8) is 0 Å². The zero-order chi connectivity index (χ0) is 19.6. The quantitative estimate of drug-likeness (QED) is 0.648. The van der Waals surface area contributed by atoms with Crippen LogP contribution in [-0.4, -0.2) is 25.5 Å². The Bertz CT molecular complexity index is 1020. The maximum Gasteiger partial charge on any atom is 0.249 e. The van der Waals surface area contributed by atoms with E-state index in [9.17, 15) is 9.18 Å². The highest BCUT2D eigenvalue weighted by Crippen LogP contribution is 2.20. The van der Waals surface area contributed by atoms with Crippen LogP contribution in [0.1, 0.15) is 16.8 Å². The molecule has 0 radical (unpaired) electrons. The first-order valence-electron chi connectivity index (χ1n) is 7.99. The van der Waals surface area contributed by atoms with Crippen LogP contribution in [0.4, 0.5) is 10.2 Å². The number of hydrogen-bond acceptors (Lipinski definition) is 3. The van der Waals surface area contributed by atoms with Gasteiger partial charge in [0.1, 0.15) is 16.8 Å². The summed E-state index contributed by atoms with van der Waals surface area (Å²) >= 11 is 11.8. The summed E-state index contributed by atoms with van der Waals surface area (Å²) in [4.78, 5) is 12.2. The smallest absolute Gasteiger partial charge is 0.249 e. The first-order valence-corrected chi connectivity index (χ1v) is 8.74. The Morgan fingerprint density at radius 2 is 2.11 bits per heavy atom. The Balaban J connectivity index is 1.71. The molecule has 140 valence electrons. The van der Waals surface area contributed by atoms with Gasteiger partial charge in [-0.05, 0) is 30.7 Å². The molecule has 0 aliphatic heterocycles. The van der Waals surface area contributed by atoms with E-state index in [-0.39, 0.29) is 17.5 Å². The lowest BCUT2D eigenvalue weighted by Gasteiger charge is -2.08. The van der Waals surface area contributed by atoms with E-state index in [0.717, 1.165) is 5.69 Å². The lowest BCUT2D eigenvalue weighted by atomic mass is 10.2. The molecule has 0 aliphatic carbocycles. The van der Waals surface area contributed by atoms with Crippen LogP contribution in [0.2, 0.25) is 10.2 Å². The number of benzene rings is 1. The van der Waals surface area contributed by atoms with Gasteiger partial charge in [0.25, 0.3) is 0 Å². The van der Waals surface area contributed by atoms with Gasteiger partial charge in [-0.15, -0.1) is 0 Å². The highest BCUT2D eigenvalue weighted by Gasteiger charge is 2.10. The van der Waals surface area contributed by atoms with Crippen molar-refractivity contribution >= 4 is 41.0 Å². The fourth-order valence-electron chi connectivity index (χ4n) is 2.54. The topological polar surface area (TPSA) is 64.7 Å². The standard InChI is InChI=1S/C18H16Cl2FN5O/c1-11-13(18(20)25(2)24-11)4-6-17(27)23-16-7-8-22-26(16)10-12-3-5-14(19)15(21)9-12/h3-9H,10H2,1-2H3,(H,23,27)/b6-4+. The van der Waals surface area contributed by atoms with Crippen molar-refractivity contribution in [3.8, 4) is 0 Å². The van der Waals surface area contributed by atoms with Crippen LogP contribution in [0, 0.1) is 12.7 Å². The average Bonchev–Trinajstić information content (AvgIpc) is 3.14. The van der Waals surface area contributed by atoms with E-state index in [1.54, 1.807) is 36.1 Å². The van der Waals surface area contributed by atoms with E-state index in [0.29, 0.717) is 22.1 Å². The number of carbonyl (C=O) groups is 1. The second-order valence-electron chi connectivity index (χ2n) is 5.86. The molecule has 1 amide bonds. The van der Waals surface area contributed by atoms with Crippen LogP contribution in [0.5, 0.6) is 0 Å². The van der Waals surface area contributed by atoms with E-state index in [1.807, 2.05) is 6.92 Å². The summed E-state index contributed by atoms with van der Waals surface area (Å²) in [6.07, 6.45) is 4.53. The van der Waals surface area contributed by atoms with Gasteiger partial charge >= 0.3 is 0 Å². The van der Waals surface area contributed by atoms with Crippen LogP contribution >= 0.6 is 23.2 Å². The number of amides is 1. The van der Waals surface area contributed by atoms with Gasteiger partial charge in [-0.1, -0.05) is 29.3 Å². The molecule has 0 aliphatic rings. The molecule has 27 heavy (non-hydrogen) atoms. The van der Waals surface area contributed by atoms with Crippen molar-refractivity contribution in [1.29, 1.82) is 0 Å². The van der Waals surface area contributed by atoms with Crippen LogP contribution < -0.4 is 5.32 Å². The number of hydrogen-bond donors (Lipinski definition) is 1. The van der Waals surface area contributed by atoms with Crippen molar-refractivity contribution in [2.24, 2.45) is 7.05 Å². The van der Waals surface area contributed by atoms with E-state index in [2.05, 4.69) is 15.5 Å². The van der Waals surface area contributed by atoms with Gasteiger partial charge in [0.15, 0.2) is 0 Å². The number of aromatic nitrogens is 4. The lowest BCUT2D eigenvalue weighted by Crippen LogP contribution is -2.13. The Labute approximate surface area is 165 Å². The van der Waals surface area contributed by atoms with Crippen molar-refractivity contribution < 1.29 is 9.18 Å². The van der Waals surface area contributed by atoms with E-state index < -0.39 is 5.82 Å².